The molecule has 0 saturated carbocycles. The first kappa shape index (κ1) is 18.1. The highest BCUT2D eigenvalue weighted by atomic mass is 35.5. The van der Waals surface area contributed by atoms with Gasteiger partial charge >= 0.3 is 5.69 Å². The van der Waals surface area contributed by atoms with Crippen LogP contribution in [0.4, 0.5) is 5.69 Å². The second kappa shape index (κ2) is 8.14. The van der Waals surface area contributed by atoms with E-state index < -0.39 is 4.92 Å². The summed E-state index contributed by atoms with van der Waals surface area (Å²) in [4.78, 5) is 21.1. The van der Waals surface area contributed by atoms with Crippen molar-refractivity contribution in [2.75, 3.05) is 19.7 Å². The van der Waals surface area contributed by atoms with E-state index in [-0.39, 0.29) is 16.5 Å². The summed E-state index contributed by atoms with van der Waals surface area (Å²) in [7, 11) is 0. The topological polar surface area (TPSA) is 81.4 Å². The molecule has 0 N–H and O–H groups in total. The number of halogens is 1. The monoisotopic (exact) mass is 374 g/mol. The van der Waals surface area contributed by atoms with E-state index in [1.54, 1.807) is 13.0 Å². The van der Waals surface area contributed by atoms with Crippen molar-refractivity contribution in [2.24, 2.45) is 0 Å². The average molecular weight is 375 g/mol. The highest BCUT2D eigenvalue weighted by molar-refractivity contribution is 6.31. The number of para-hydroxylation sites is 1. The molecule has 0 radical (unpaired) electrons. The maximum absolute atomic E-state index is 11.4. The Kier molecular flexibility index (Phi) is 5.68. The number of hydrogen-bond acceptors (Lipinski definition) is 6. The lowest BCUT2D eigenvalue weighted by molar-refractivity contribution is -0.385. The normalized spacial score (nSPS) is 14.5. The number of benzene rings is 1. The zero-order chi connectivity index (χ0) is 18.5. The molecule has 1 aliphatic rings. The summed E-state index contributed by atoms with van der Waals surface area (Å²) in [6.07, 6.45) is 3.84. The van der Waals surface area contributed by atoms with E-state index >= 15 is 0 Å². The number of aryl methyl sites for hydroxylation is 1. The molecule has 1 saturated heterocycles. The third-order valence-electron chi connectivity index (χ3n) is 4.11. The van der Waals surface area contributed by atoms with Crippen molar-refractivity contribution in [1.82, 2.24) is 14.9 Å². The van der Waals surface area contributed by atoms with Crippen LogP contribution >= 0.6 is 11.6 Å². The molecule has 1 aromatic carbocycles. The van der Waals surface area contributed by atoms with Crippen LogP contribution in [0.5, 0.6) is 5.75 Å². The van der Waals surface area contributed by atoms with Crippen LogP contribution < -0.4 is 4.74 Å². The molecule has 0 atom stereocenters. The molecule has 26 heavy (non-hydrogen) atoms. The average Bonchev–Trinajstić information content (AvgIpc) is 3.13. The van der Waals surface area contributed by atoms with Crippen LogP contribution in [0.1, 0.15) is 24.4 Å². The minimum absolute atomic E-state index is 0.154. The highest BCUT2D eigenvalue weighted by Gasteiger charge is 2.23. The SMILES string of the molecule is Cc1nc(Cl)c([N+](=O)[O-])c(/C=C(/COc2ccccc2)N2CCCC2)n1. The van der Waals surface area contributed by atoms with Crippen molar-refractivity contribution < 1.29 is 9.66 Å². The summed E-state index contributed by atoms with van der Waals surface area (Å²) in [6.45, 7) is 3.72. The van der Waals surface area contributed by atoms with Crippen LogP contribution in [0.15, 0.2) is 36.0 Å². The first-order chi connectivity index (χ1) is 12.5. The second-order valence-electron chi connectivity index (χ2n) is 5.98. The number of likely N-dealkylation sites (tertiary alicyclic amines) is 1. The third kappa shape index (κ3) is 4.29. The van der Waals surface area contributed by atoms with Gasteiger partial charge in [0.15, 0.2) is 0 Å². The van der Waals surface area contributed by atoms with Crippen molar-refractivity contribution >= 4 is 23.4 Å². The minimum atomic E-state index is -0.548. The number of nitro groups is 1. The summed E-state index contributed by atoms with van der Waals surface area (Å²) in [5, 5.41) is 11.2. The van der Waals surface area contributed by atoms with Gasteiger partial charge in [0, 0.05) is 13.1 Å². The Hall–Kier alpha value is -2.67. The first-order valence-corrected chi connectivity index (χ1v) is 8.74. The largest absolute Gasteiger partial charge is 0.487 e. The highest BCUT2D eigenvalue weighted by Crippen LogP contribution is 2.28. The molecule has 7 nitrogen and oxygen atoms in total. The van der Waals surface area contributed by atoms with E-state index in [2.05, 4.69) is 14.9 Å². The van der Waals surface area contributed by atoms with Crippen LogP contribution in [-0.4, -0.2) is 39.5 Å². The van der Waals surface area contributed by atoms with Crippen molar-refractivity contribution in [1.29, 1.82) is 0 Å². The maximum atomic E-state index is 11.4. The fraction of sp³-hybridized carbons (Fsp3) is 0.333. The molecule has 1 fully saturated rings. The van der Waals surface area contributed by atoms with Gasteiger partial charge in [0.05, 0.1) is 10.6 Å². The fourth-order valence-electron chi connectivity index (χ4n) is 2.88. The molecule has 0 aliphatic carbocycles. The molecule has 2 aromatic rings. The number of ether oxygens (including phenoxy) is 1. The van der Waals surface area contributed by atoms with E-state index in [9.17, 15) is 10.1 Å². The van der Waals surface area contributed by atoms with Gasteiger partial charge in [-0.15, -0.1) is 0 Å². The number of nitrogens with zero attached hydrogens (tertiary/aromatic N) is 4. The Labute approximate surface area is 156 Å². The Morgan fingerprint density at radius 1 is 1.31 bits per heavy atom. The molecule has 1 aliphatic heterocycles. The maximum Gasteiger partial charge on any atom is 0.331 e. The molecule has 3 rings (SSSR count). The number of rotatable bonds is 6. The quantitative estimate of drug-likeness (QED) is 0.434. The molecule has 0 spiro atoms. The van der Waals surface area contributed by atoms with Crippen LogP contribution in [0, 0.1) is 17.0 Å². The van der Waals surface area contributed by atoms with Crippen LogP contribution in [-0.2, 0) is 0 Å². The van der Waals surface area contributed by atoms with E-state index in [4.69, 9.17) is 16.3 Å². The molecule has 0 unspecified atom stereocenters. The van der Waals surface area contributed by atoms with Gasteiger partial charge in [-0.1, -0.05) is 29.8 Å². The lowest BCUT2D eigenvalue weighted by Crippen LogP contribution is -2.23. The summed E-state index contributed by atoms with van der Waals surface area (Å²) >= 11 is 5.98. The smallest absolute Gasteiger partial charge is 0.331 e. The van der Waals surface area contributed by atoms with Crippen LogP contribution in [0.3, 0.4) is 0 Å². The lowest BCUT2D eigenvalue weighted by atomic mass is 10.2. The van der Waals surface area contributed by atoms with E-state index in [1.165, 1.54) is 0 Å². The zero-order valence-electron chi connectivity index (χ0n) is 14.4. The van der Waals surface area contributed by atoms with E-state index in [0.29, 0.717) is 12.4 Å². The van der Waals surface area contributed by atoms with Crippen molar-refractivity contribution in [3.05, 3.63) is 62.8 Å². The minimum Gasteiger partial charge on any atom is -0.487 e. The van der Waals surface area contributed by atoms with Gasteiger partial charge in [0.1, 0.15) is 23.9 Å². The standard InChI is InChI=1S/C18H19ClN4O3/c1-13-20-16(17(23(24)25)18(19)21-13)11-14(22-9-5-6-10-22)12-26-15-7-3-2-4-8-15/h2-4,7-8,11H,5-6,9-10,12H2,1H3/b14-11-. The van der Waals surface area contributed by atoms with Gasteiger partial charge < -0.3 is 9.64 Å². The summed E-state index contributed by atoms with van der Waals surface area (Å²) in [6, 6.07) is 9.45. The van der Waals surface area contributed by atoms with Gasteiger partial charge in [0.25, 0.3) is 0 Å². The summed E-state index contributed by atoms with van der Waals surface area (Å²) < 4.78 is 5.86. The number of hydrogen-bond donors (Lipinski definition) is 0. The Bertz CT molecular complexity index is 821. The predicted molar refractivity (Wildman–Crippen MR) is 99.2 cm³/mol. The molecule has 2 heterocycles. The van der Waals surface area contributed by atoms with Crippen LogP contribution in [0.2, 0.25) is 5.15 Å². The van der Waals surface area contributed by atoms with Gasteiger partial charge in [-0.3, -0.25) is 10.1 Å². The van der Waals surface area contributed by atoms with Crippen molar-refractivity contribution in [3.8, 4) is 5.75 Å². The zero-order valence-corrected chi connectivity index (χ0v) is 15.1. The Morgan fingerprint density at radius 3 is 2.65 bits per heavy atom. The molecule has 0 bridgehead atoms. The third-order valence-corrected chi connectivity index (χ3v) is 4.37. The van der Waals surface area contributed by atoms with Crippen molar-refractivity contribution in [2.45, 2.75) is 19.8 Å². The van der Waals surface area contributed by atoms with Gasteiger partial charge in [-0.2, -0.15) is 0 Å². The Morgan fingerprint density at radius 2 is 2.00 bits per heavy atom. The van der Waals surface area contributed by atoms with E-state index in [0.717, 1.165) is 37.4 Å². The Balaban J connectivity index is 1.95. The molecule has 8 heteroatoms. The fourth-order valence-corrected chi connectivity index (χ4v) is 3.17. The van der Waals surface area contributed by atoms with Crippen LogP contribution in [0.25, 0.3) is 6.08 Å². The summed E-state index contributed by atoms with van der Waals surface area (Å²) in [5.41, 5.74) is 0.753. The van der Waals surface area contributed by atoms with Gasteiger partial charge in [-0.05, 0) is 38.0 Å². The van der Waals surface area contributed by atoms with Gasteiger partial charge in [-0.25, -0.2) is 9.97 Å². The number of aromatic nitrogens is 2. The molecule has 136 valence electrons. The van der Waals surface area contributed by atoms with Crippen molar-refractivity contribution in [3.63, 3.8) is 0 Å². The molecule has 0 amide bonds. The molecular formula is C18H19ClN4O3. The first-order valence-electron chi connectivity index (χ1n) is 8.36. The second-order valence-corrected chi connectivity index (χ2v) is 6.34. The molecule has 1 aromatic heterocycles. The molecular weight excluding hydrogens is 356 g/mol. The van der Waals surface area contributed by atoms with Gasteiger partial charge in [0.2, 0.25) is 5.15 Å². The van der Waals surface area contributed by atoms with E-state index in [1.807, 2.05) is 30.3 Å². The lowest BCUT2D eigenvalue weighted by Gasteiger charge is -2.22. The summed E-state index contributed by atoms with van der Waals surface area (Å²) in [5.74, 6) is 1.13. The predicted octanol–water partition coefficient (Wildman–Crippen LogP) is 3.86.